The molecular weight excluding hydrogens is 240 g/mol. The van der Waals surface area contributed by atoms with Crippen LogP contribution in [0.5, 0.6) is 0 Å². The van der Waals surface area contributed by atoms with Crippen molar-refractivity contribution in [1.82, 2.24) is 14.3 Å². The molecule has 0 unspecified atom stereocenters. The van der Waals surface area contributed by atoms with Crippen LogP contribution < -0.4 is 5.73 Å². The van der Waals surface area contributed by atoms with Crippen LogP contribution in [0.1, 0.15) is 17.7 Å². The summed E-state index contributed by atoms with van der Waals surface area (Å²) in [6.07, 6.45) is 4.55. The minimum atomic E-state index is -0.423. The van der Waals surface area contributed by atoms with Crippen LogP contribution in [0.2, 0.25) is 0 Å². The van der Waals surface area contributed by atoms with Gasteiger partial charge in [0, 0.05) is 38.1 Å². The number of β-amino-alcohol motifs (C(OH)–C–C–N with tert-alkyl or cyclic N) is 1. The summed E-state index contributed by atoms with van der Waals surface area (Å²) < 4.78 is 2.05. The van der Waals surface area contributed by atoms with Gasteiger partial charge in [-0.3, -0.25) is 4.90 Å². The number of nitrogens with zero attached hydrogens (tertiary/aromatic N) is 3. The molecule has 2 atom stereocenters. The third-order valence-corrected chi connectivity index (χ3v) is 3.75. The molecular formula is C14H20N4O. The van der Waals surface area contributed by atoms with E-state index in [1.807, 2.05) is 6.07 Å². The minimum absolute atomic E-state index is 0.0834. The zero-order valence-electron chi connectivity index (χ0n) is 11.2. The molecule has 2 aromatic rings. The molecule has 19 heavy (non-hydrogen) atoms. The monoisotopic (exact) mass is 260 g/mol. The van der Waals surface area contributed by atoms with Crippen molar-refractivity contribution in [3.8, 4) is 0 Å². The van der Waals surface area contributed by atoms with Gasteiger partial charge in [-0.1, -0.05) is 6.07 Å². The number of pyridine rings is 1. The van der Waals surface area contributed by atoms with E-state index in [1.165, 1.54) is 5.56 Å². The Kier molecular flexibility index (Phi) is 3.26. The molecule has 3 rings (SSSR count). The van der Waals surface area contributed by atoms with E-state index < -0.39 is 6.10 Å². The molecule has 0 amide bonds. The van der Waals surface area contributed by atoms with Crippen LogP contribution >= 0.6 is 0 Å². The lowest BCUT2D eigenvalue weighted by Gasteiger charge is -2.33. The summed E-state index contributed by atoms with van der Waals surface area (Å²) in [6, 6.07) is 4.01. The summed E-state index contributed by atoms with van der Waals surface area (Å²) in [5.74, 6) is 0. The van der Waals surface area contributed by atoms with E-state index in [0.717, 1.165) is 30.9 Å². The molecule has 0 radical (unpaired) electrons. The van der Waals surface area contributed by atoms with Gasteiger partial charge in [-0.25, -0.2) is 4.98 Å². The van der Waals surface area contributed by atoms with Crippen molar-refractivity contribution in [2.45, 2.75) is 32.0 Å². The van der Waals surface area contributed by atoms with Gasteiger partial charge in [-0.05, 0) is 25.0 Å². The molecule has 1 fully saturated rings. The van der Waals surface area contributed by atoms with Crippen LogP contribution in [0.3, 0.4) is 0 Å². The summed E-state index contributed by atoms with van der Waals surface area (Å²) >= 11 is 0. The summed E-state index contributed by atoms with van der Waals surface area (Å²) in [4.78, 5) is 6.81. The molecule has 1 aliphatic rings. The largest absolute Gasteiger partial charge is 0.390 e. The maximum atomic E-state index is 9.81. The zero-order chi connectivity index (χ0) is 13.4. The van der Waals surface area contributed by atoms with Gasteiger partial charge < -0.3 is 15.2 Å². The maximum Gasteiger partial charge on any atom is 0.137 e. The maximum absolute atomic E-state index is 9.81. The van der Waals surface area contributed by atoms with E-state index in [-0.39, 0.29) is 6.04 Å². The Morgan fingerprint density at radius 1 is 1.42 bits per heavy atom. The smallest absolute Gasteiger partial charge is 0.137 e. The van der Waals surface area contributed by atoms with Crippen LogP contribution in [-0.4, -0.2) is 44.6 Å². The fourth-order valence-corrected chi connectivity index (χ4v) is 2.62. The fraction of sp³-hybridized carbons (Fsp3) is 0.500. The number of aliphatic hydroxyl groups excluding tert-OH is 1. The zero-order valence-corrected chi connectivity index (χ0v) is 11.2. The molecule has 0 bridgehead atoms. The van der Waals surface area contributed by atoms with Crippen molar-refractivity contribution in [2.24, 2.45) is 5.73 Å². The Morgan fingerprint density at radius 2 is 2.26 bits per heavy atom. The lowest BCUT2D eigenvalue weighted by molar-refractivity contribution is 0.0494. The van der Waals surface area contributed by atoms with Gasteiger partial charge in [0.15, 0.2) is 0 Å². The average molecular weight is 260 g/mol. The van der Waals surface area contributed by atoms with Gasteiger partial charge in [0.05, 0.1) is 11.8 Å². The number of hydrogen-bond donors (Lipinski definition) is 2. The molecule has 0 saturated carbocycles. The van der Waals surface area contributed by atoms with Gasteiger partial charge in [-0.15, -0.1) is 0 Å². The second kappa shape index (κ2) is 4.92. The lowest BCUT2D eigenvalue weighted by Crippen LogP contribution is -2.50. The summed E-state index contributed by atoms with van der Waals surface area (Å²) in [7, 11) is 0. The molecule has 0 aliphatic carbocycles. The van der Waals surface area contributed by atoms with Gasteiger partial charge in [-0.2, -0.15) is 0 Å². The van der Waals surface area contributed by atoms with Crippen LogP contribution in [0.15, 0.2) is 24.5 Å². The fourth-order valence-electron chi connectivity index (χ4n) is 2.62. The summed E-state index contributed by atoms with van der Waals surface area (Å²) in [5, 5.41) is 9.81. The van der Waals surface area contributed by atoms with Crippen molar-refractivity contribution in [3.05, 3.63) is 35.8 Å². The number of aromatic nitrogens is 2. The first-order valence-electron chi connectivity index (χ1n) is 6.72. The first-order valence-corrected chi connectivity index (χ1v) is 6.72. The molecule has 102 valence electrons. The Balaban J connectivity index is 1.74. The van der Waals surface area contributed by atoms with Crippen molar-refractivity contribution in [2.75, 3.05) is 13.1 Å². The Labute approximate surface area is 112 Å². The second-order valence-corrected chi connectivity index (χ2v) is 5.46. The van der Waals surface area contributed by atoms with E-state index in [0.29, 0.717) is 6.54 Å². The highest BCUT2D eigenvalue weighted by Gasteiger charge is 2.24. The number of piperidine rings is 1. The normalized spacial score (nSPS) is 25.0. The Hall–Kier alpha value is -1.43. The number of imidazole rings is 1. The number of fused-ring (bicyclic) bond motifs is 1. The Morgan fingerprint density at radius 3 is 3.05 bits per heavy atom. The number of aryl methyl sites for hydroxylation is 1. The number of likely N-dealkylation sites (tertiary alicyclic amines) is 1. The standard InChI is InChI=1S/C14H20N4O/c1-10-2-3-14-16-11(8-18(14)6-10)7-17-5-4-12(15)13(19)9-17/h2-3,6,8,12-13,19H,4-5,7,9,15H2,1H3/t12-,13-/m1/s1. The quantitative estimate of drug-likeness (QED) is 0.827. The van der Waals surface area contributed by atoms with Gasteiger partial charge >= 0.3 is 0 Å². The van der Waals surface area contributed by atoms with E-state index in [1.54, 1.807) is 0 Å². The van der Waals surface area contributed by atoms with E-state index in [9.17, 15) is 5.11 Å². The van der Waals surface area contributed by atoms with Crippen molar-refractivity contribution < 1.29 is 5.11 Å². The molecule has 1 saturated heterocycles. The Bertz CT molecular complexity index is 580. The van der Waals surface area contributed by atoms with Crippen LogP contribution in [-0.2, 0) is 6.54 Å². The number of hydrogen-bond acceptors (Lipinski definition) is 4. The second-order valence-electron chi connectivity index (χ2n) is 5.46. The first-order chi connectivity index (χ1) is 9.11. The highest BCUT2D eigenvalue weighted by atomic mass is 16.3. The van der Waals surface area contributed by atoms with Crippen LogP contribution in [0.4, 0.5) is 0 Å². The molecule has 5 heteroatoms. The highest BCUT2D eigenvalue weighted by Crippen LogP contribution is 2.14. The predicted octanol–water partition coefficient (Wildman–Crippen LogP) is 0.537. The molecule has 0 spiro atoms. The summed E-state index contributed by atoms with van der Waals surface area (Å²) in [5.41, 5.74) is 9.04. The number of aliphatic hydroxyl groups is 1. The third kappa shape index (κ3) is 2.63. The minimum Gasteiger partial charge on any atom is -0.390 e. The van der Waals surface area contributed by atoms with Crippen LogP contribution in [0, 0.1) is 6.92 Å². The molecule has 3 heterocycles. The number of nitrogens with two attached hydrogens (primary N) is 1. The lowest BCUT2D eigenvalue weighted by atomic mass is 10.0. The van der Waals surface area contributed by atoms with Crippen molar-refractivity contribution >= 4 is 5.65 Å². The number of rotatable bonds is 2. The van der Waals surface area contributed by atoms with E-state index in [4.69, 9.17) is 5.73 Å². The molecule has 0 aromatic carbocycles. The van der Waals surface area contributed by atoms with Gasteiger partial charge in [0.1, 0.15) is 5.65 Å². The van der Waals surface area contributed by atoms with E-state index in [2.05, 4.69) is 39.7 Å². The van der Waals surface area contributed by atoms with E-state index >= 15 is 0 Å². The topological polar surface area (TPSA) is 66.8 Å². The molecule has 2 aromatic heterocycles. The summed E-state index contributed by atoms with van der Waals surface area (Å²) in [6.45, 7) is 4.39. The average Bonchev–Trinajstić information content (AvgIpc) is 2.75. The van der Waals surface area contributed by atoms with Crippen LogP contribution in [0.25, 0.3) is 5.65 Å². The molecule has 1 aliphatic heterocycles. The first kappa shape index (κ1) is 12.6. The third-order valence-electron chi connectivity index (χ3n) is 3.75. The van der Waals surface area contributed by atoms with Gasteiger partial charge in [0.25, 0.3) is 0 Å². The molecule has 3 N–H and O–H groups in total. The molecule has 5 nitrogen and oxygen atoms in total. The SMILES string of the molecule is Cc1ccc2nc(CN3CC[C@@H](N)[C@H](O)C3)cn2c1. The van der Waals surface area contributed by atoms with Crippen molar-refractivity contribution in [1.29, 1.82) is 0 Å². The van der Waals surface area contributed by atoms with Gasteiger partial charge in [0.2, 0.25) is 0 Å². The predicted molar refractivity (Wildman–Crippen MR) is 73.8 cm³/mol. The highest BCUT2D eigenvalue weighted by molar-refractivity contribution is 5.41. The van der Waals surface area contributed by atoms with Crippen molar-refractivity contribution in [3.63, 3.8) is 0 Å².